The molecule has 0 spiro atoms. The molecule has 0 aliphatic heterocycles. The first-order chi connectivity index (χ1) is 10.6. The number of nitrogens with one attached hydrogen (secondary N) is 1. The number of benzene rings is 2. The van der Waals surface area contributed by atoms with Crippen molar-refractivity contribution in [1.29, 1.82) is 5.26 Å². The quantitative estimate of drug-likeness (QED) is 0.676. The molecule has 0 aromatic heterocycles. The number of nitriles is 1. The summed E-state index contributed by atoms with van der Waals surface area (Å²) in [6.45, 7) is 0. The van der Waals surface area contributed by atoms with Crippen molar-refractivity contribution in [3.8, 4) is 11.8 Å². The molecule has 0 unspecified atom stereocenters. The van der Waals surface area contributed by atoms with Gasteiger partial charge in [-0.25, -0.2) is 0 Å². The highest BCUT2D eigenvalue weighted by Crippen LogP contribution is 2.29. The van der Waals surface area contributed by atoms with E-state index in [4.69, 9.17) is 4.74 Å². The molecule has 0 bridgehead atoms. The zero-order chi connectivity index (χ0) is 16.1. The summed E-state index contributed by atoms with van der Waals surface area (Å²) < 4.78 is 5.10. The summed E-state index contributed by atoms with van der Waals surface area (Å²) in [5, 5.41) is 23.1. The lowest BCUT2D eigenvalue weighted by Crippen LogP contribution is -2.01. The van der Waals surface area contributed by atoms with Gasteiger partial charge in [-0.05, 0) is 35.7 Å². The number of rotatable bonds is 5. The molecule has 0 atom stereocenters. The topological polar surface area (TPSA) is 88.2 Å². The Morgan fingerprint density at radius 2 is 2.00 bits per heavy atom. The fourth-order valence-corrected chi connectivity index (χ4v) is 2.20. The molecule has 0 heterocycles. The van der Waals surface area contributed by atoms with Gasteiger partial charge in [-0.1, -0.05) is 12.1 Å². The van der Waals surface area contributed by atoms with Crippen LogP contribution in [0.4, 0.5) is 11.4 Å². The van der Waals surface area contributed by atoms with E-state index in [0.29, 0.717) is 23.2 Å². The number of nitrogens with zero attached hydrogens (tertiary/aromatic N) is 2. The molecule has 0 radical (unpaired) electrons. The standard InChI is InChI=1S/C16H15N3O3/c1-18-15-8-13(10-17)12(9-16(15)19(20)21)7-11-3-5-14(22-2)6-4-11/h3-6,8-9,18H,7H2,1-2H3. The van der Waals surface area contributed by atoms with Crippen molar-refractivity contribution in [2.24, 2.45) is 0 Å². The van der Waals surface area contributed by atoms with Gasteiger partial charge >= 0.3 is 0 Å². The molecule has 6 nitrogen and oxygen atoms in total. The maximum absolute atomic E-state index is 11.1. The van der Waals surface area contributed by atoms with Crippen LogP contribution in [0.25, 0.3) is 0 Å². The minimum absolute atomic E-state index is 0.0370. The van der Waals surface area contributed by atoms with E-state index in [2.05, 4.69) is 11.4 Å². The first-order valence-electron chi connectivity index (χ1n) is 6.61. The van der Waals surface area contributed by atoms with E-state index >= 15 is 0 Å². The molecule has 2 aromatic carbocycles. The van der Waals surface area contributed by atoms with E-state index in [9.17, 15) is 15.4 Å². The normalized spacial score (nSPS) is 9.86. The Morgan fingerprint density at radius 1 is 1.32 bits per heavy atom. The van der Waals surface area contributed by atoms with Crippen LogP contribution >= 0.6 is 0 Å². The molecule has 2 rings (SSSR count). The fourth-order valence-electron chi connectivity index (χ4n) is 2.20. The Labute approximate surface area is 128 Å². The molecule has 0 fully saturated rings. The molecule has 2 aromatic rings. The zero-order valence-electron chi connectivity index (χ0n) is 12.3. The van der Waals surface area contributed by atoms with Crippen LogP contribution in [0.15, 0.2) is 36.4 Å². The molecule has 112 valence electrons. The summed E-state index contributed by atoms with van der Waals surface area (Å²) in [6, 6.07) is 12.4. The number of nitro benzene ring substituents is 1. The first kappa shape index (κ1) is 15.3. The second-order valence-electron chi connectivity index (χ2n) is 4.67. The maximum Gasteiger partial charge on any atom is 0.292 e. The molecule has 0 amide bonds. The number of anilines is 1. The van der Waals surface area contributed by atoms with Gasteiger partial charge in [-0.15, -0.1) is 0 Å². The molecule has 0 saturated heterocycles. The molecule has 1 N–H and O–H groups in total. The van der Waals surface area contributed by atoms with Crippen LogP contribution in [0.5, 0.6) is 5.75 Å². The largest absolute Gasteiger partial charge is 0.497 e. The van der Waals surface area contributed by atoms with Crippen LogP contribution in [-0.4, -0.2) is 19.1 Å². The minimum atomic E-state index is -0.454. The molecular formula is C16H15N3O3. The summed E-state index contributed by atoms with van der Waals surface area (Å²) in [5.74, 6) is 0.737. The third-order valence-electron chi connectivity index (χ3n) is 3.36. The monoisotopic (exact) mass is 297 g/mol. The smallest absolute Gasteiger partial charge is 0.292 e. The van der Waals surface area contributed by atoms with Crippen molar-refractivity contribution < 1.29 is 9.66 Å². The number of hydrogen-bond acceptors (Lipinski definition) is 5. The highest BCUT2D eigenvalue weighted by Gasteiger charge is 2.17. The highest BCUT2D eigenvalue weighted by atomic mass is 16.6. The van der Waals surface area contributed by atoms with Crippen LogP contribution in [0, 0.1) is 21.4 Å². The Morgan fingerprint density at radius 3 is 2.50 bits per heavy atom. The highest BCUT2D eigenvalue weighted by molar-refractivity contribution is 5.66. The van der Waals surface area contributed by atoms with Crippen LogP contribution in [-0.2, 0) is 6.42 Å². The molecule has 0 aliphatic carbocycles. The second kappa shape index (κ2) is 6.59. The lowest BCUT2D eigenvalue weighted by Gasteiger charge is -2.09. The van der Waals surface area contributed by atoms with Crippen molar-refractivity contribution in [3.05, 3.63) is 63.2 Å². The van der Waals surface area contributed by atoms with Crippen LogP contribution in [0.2, 0.25) is 0 Å². The number of ether oxygens (including phenoxy) is 1. The predicted molar refractivity (Wildman–Crippen MR) is 83.2 cm³/mol. The van der Waals surface area contributed by atoms with Gasteiger partial charge in [-0.2, -0.15) is 5.26 Å². The van der Waals surface area contributed by atoms with Crippen molar-refractivity contribution in [2.75, 3.05) is 19.5 Å². The Balaban J connectivity index is 2.42. The maximum atomic E-state index is 11.1. The molecular weight excluding hydrogens is 282 g/mol. The molecule has 0 aliphatic rings. The summed E-state index contributed by atoms with van der Waals surface area (Å²) in [7, 11) is 3.18. The van der Waals surface area contributed by atoms with Crippen molar-refractivity contribution in [1.82, 2.24) is 0 Å². The van der Waals surface area contributed by atoms with Crippen LogP contribution in [0.3, 0.4) is 0 Å². The lowest BCUT2D eigenvalue weighted by atomic mass is 9.98. The van der Waals surface area contributed by atoms with Gasteiger partial charge in [0.05, 0.1) is 23.7 Å². The van der Waals surface area contributed by atoms with Gasteiger partial charge in [-0.3, -0.25) is 10.1 Å². The summed E-state index contributed by atoms with van der Waals surface area (Å²) in [5.41, 5.74) is 2.29. The van der Waals surface area contributed by atoms with Gasteiger partial charge in [0.15, 0.2) is 0 Å². The Kier molecular flexibility index (Phi) is 4.59. The number of nitro groups is 1. The van der Waals surface area contributed by atoms with Crippen molar-refractivity contribution in [2.45, 2.75) is 6.42 Å². The molecule has 0 saturated carbocycles. The van der Waals surface area contributed by atoms with Crippen LogP contribution in [0.1, 0.15) is 16.7 Å². The van der Waals surface area contributed by atoms with E-state index in [1.807, 2.05) is 24.3 Å². The average Bonchev–Trinajstić information content (AvgIpc) is 2.55. The van der Waals surface area contributed by atoms with Crippen LogP contribution < -0.4 is 10.1 Å². The summed E-state index contributed by atoms with van der Waals surface area (Å²) in [6.07, 6.45) is 0.442. The summed E-state index contributed by atoms with van der Waals surface area (Å²) >= 11 is 0. The van der Waals surface area contributed by atoms with Crippen molar-refractivity contribution >= 4 is 11.4 Å². The fraction of sp³-hybridized carbons (Fsp3) is 0.188. The Bertz CT molecular complexity index is 734. The van der Waals surface area contributed by atoms with Gasteiger partial charge in [0.2, 0.25) is 0 Å². The number of methoxy groups -OCH3 is 1. The minimum Gasteiger partial charge on any atom is -0.497 e. The Hall–Kier alpha value is -3.07. The molecule has 6 heteroatoms. The van der Waals surface area contributed by atoms with E-state index in [0.717, 1.165) is 11.3 Å². The third kappa shape index (κ3) is 3.15. The van der Waals surface area contributed by atoms with E-state index in [1.54, 1.807) is 14.2 Å². The summed E-state index contributed by atoms with van der Waals surface area (Å²) in [4.78, 5) is 10.7. The second-order valence-corrected chi connectivity index (χ2v) is 4.67. The number of hydrogen-bond donors (Lipinski definition) is 1. The first-order valence-corrected chi connectivity index (χ1v) is 6.61. The van der Waals surface area contributed by atoms with Gasteiger partial charge in [0.1, 0.15) is 11.4 Å². The van der Waals surface area contributed by atoms with E-state index in [1.165, 1.54) is 12.1 Å². The zero-order valence-corrected chi connectivity index (χ0v) is 12.3. The average molecular weight is 297 g/mol. The van der Waals surface area contributed by atoms with E-state index in [-0.39, 0.29) is 5.69 Å². The van der Waals surface area contributed by atoms with Gasteiger partial charge in [0.25, 0.3) is 5.69 Å². The van der Waals surface area contributed by atoms with Crippen molar-refractivity contribution in [3.63, 3.8) is 0 Å². The SMILES string of the molecule is CNc1cc(C#N)c(Cc2ccc(OC)cc2)cc1[N+](=O)[O-]. The predicted octanol–water partition coefficient (Wildman–Crippen LogP) is 3.11. The third-order valence-corrected chi connectivity index (χ3v) is 3.36. The van der Waals surface area contributed by atoms with Gasteiger partial charge < -0.3 is 10.1 Å². The van der Waals surface area contributed by atoms with Gasteiger partial charge in [0, 0.05) is 13.1 Å². The van der Waals surface area contributed by atoms with E-state index < -0.39 is 4.92 Å². The molecule has 22 heavy (non-hydrogen) atoms. The lowest BCUT2D eigenvalue weighted by molar-refractivity contribution is -0.384.